The maximum absolute atomic E-state index is 12.4. The summed E-state index contributed by atoms with van der Waals surface area (Å²) in [6.07, 6.45) is 8.54. The van der Waals surface area contributed by atoms with Crippen LogP contribution in [-0.2, 0) is 19.4 Å². The number of carbonyl (C=O) groups is 1. The predicted octanol–water partition coefficient (Wildman–Crippen LogP) is 3.69. The minimum atomic E-state index is -0.634. The molecular formula is C16H22ClNO2. The normalized spacial score (nSPS) is 15.3. The fourth-order valence-electron chi connectivity index (χ4n) is 2.93. The number of hydrogen-bond donors (Lipinski definition) is 0. The summed E-state index contributed by atoms with van der Waals surface area (Å²) in [5.41, 5.74) is 2.20. The highest BCUT2D eigenvalue weighted by Gasteiger charge is 2.18. The second kappa shape index (κ2) is 7.07. The van der Waals surface area contributed by atoms with Crippen LogP contribution < -0.4 is 5.56 Å². The molecule has 20 heavy (non-hydrogen) atoms. The Morgan fingerprint density at radius 2 is 1.95 bits per heavy atom. The minimum absolute atomic E-state index is 0.141. The summed E-state index contributed by atoms with van der Waals surface area (Å²) in [6.45, 7) is 2.79. The van der Waals surface area contributed by atoms with Gasteiger partial charge >= 0.3 is 0 Å². The van der Waals surface area contributed by atoms with Crippen molar-refractivity contribution in [2.75, 3.05) is 0 Å². The van der Waals surface area contributed by atoms with Crippen LogP contribution in [-0.4, -0.2) is 9.81 Å². The molecule has 1 aromatic heterocycles. The smallest absolute Gasteiger partial charge is 0.262 e. The van der Waals surface area contributed by atoms with Crippen molar-refractivity contribution >= 4 is 16.8 Å². The van der Waals surface area contributed by atoms with Crippen molar-refractivity contribution in [3.05, 3.63) is 33.2 Å². The number of carbonyl (C=O) groups excluding carboxylic acids is 1. The molecule has 1 aliphatic carbocycles. The summed E-state index contributed by atoms with van der Waals surface area (Å²) in [4.78, 5) is 23.9. The minimum Gasteiger partial charge on any atom is -0.312 e. The van der Waals surface area contributed by atoms with Gasteiger partial charge in [-0.1, -0.05) is 26.2 Å². The van der Waals surface area contributed by atoms with E-state index in [9.17, 15) is 9.59 Å². The van der Waals surface area contributed by atoms with Crippen LogP contribution in [0.5, 0.6) is 0 Å². The van der Waals surface area contributed by atoms with Crippen LogP contribution in [0.3, 0.4) is 0 Å². The largest absolute Gasteiger partial charge is 0.312 e. The molecule has 0 radical (unpaired) electrons. The fourth-order valence-corrected chi connectivity index (χ4v) is 3.06. The van der Waals surface area contributed by atoms with E-state index in [0.717, 1.165) is 49.8 Å². The molecule has 110 valence electrons. The first-order valence-electron chi connectivity index (χ1n) is 7.60. The number of rotatable bonds is 4. The van der Waals surface area contributed by atoms with Gasteiger partial charge in [0.05, 0.1) is 5.56 Å². The number of unbranched alkanes of at least 4 members (excludes halogenated alkanes) is 1. The third-order valence-corrected chi connectivity index (χ3v) is 4.25. The van der Waals surface area contributed by atoms with Crippen molar-refractivity contribution in [3.63, 3.8) is 0 Å². The van der Waals surface area contributed by atoms with Gasteiger partial charge in [0, 0.05) is 12.2 Å². The third-order valence-electron chi connectivity index (χ3n) is 4.05. The van der Waals surface area contributed by atoms with Gasteiger partial charge in [-0.15, -0.1) is 0 Å². The summed E-state index contributed by atoms with van der Waals surface area (Å²) < 4.78 is 1.81. The maximum atomic E-state index is 12.4. The molecule has 0 aliphatic heterocycles. The topological polar surface area (TPSA) is 39.1 Å². The number of halogens is 1. The Labute approximate surface area is 124 Å². The Morgan fingerprint density at radius 1 is 1.25 bits per heavy atom. The molecule has 0 saturated heterocycles. The SMILES string of the molecule is CCCCn1c2c(cc(C(=O)Cl)c1=O)CCCCCC2. The van der Waals surface area contributed by atoms with E-state index in [2.05, 4.69) is 6.92 Å². The van der Waals surface area contributed by atoms with Gasteiger partial charge in [-0.05, 0) is 55.3 Å². The van der Waals surface area contributed by atoms with E-state index < -0.39 is 5.24 Å². The van der Waals surface area contributed by atoms with Crippen molar-refractivity contribution in [1.82, 2.24) is 4.57 Å². The summed E-state index contributed by atoms with van der Waals surface area (Å²) >= 11 is 5.58. The van der Waals surface area contributed by atoms with Crippen LogP contribution >= 0.6 is 11.6 Å². The monoisotopic (exact) mass is 295 g/mol. The molecule has 0 fully saturated rings. The Kier molecular flexibility index (Phi) is 5.41. The zero-order valence-electron chi connectivity index (χ0n) is 12.1. The molecule has 0 spiro atoms. The van der Waals surface area contributed by atoms with Gasteiger partial charge in [0.25, 0.3) is 10.8 Å². The molecule has 0 atom stereocenters. The van der Waals surface area contributed by atoms with Crippen LogP contribution in [0.4, 0.5) is 0 Å². The van der Waals surface area contributed by atoms with Gasteiger partial charge in [-0.3, -0.25) is 9.59 Å². The molecule has 2 rings (SSSR count). The first-order chi connectivity index (χ1) is 9.65. The Morgan fingerprint density at radius 3 is 2.60 bits per heavy atom. The lowest BCUT2D eigenvalue weighted by molar-refractivity contribution is 0.107. The summed E-state index contributed by atoms with van der Waals surface area (Å²) in [5, 5.41) is -0.634. The van der Waals surface area contributed by atoms with Gasteiger partial charge < -0.3 is 4.57 Å². The van der Waals surface area contributed by atoms with E-state index in [1.165, 1.54) is 12.8 Å². The molecule has 0 N–H and O–H groups in total. The van der Waals surface area contributed by atoms with Crippen molar-refractivity contribution in [3.8, 4) is 0 Å². The highest BCUT2D eigenvalue weighted by Crippen LogP contribution is 2.21. The first kappa shape index (κ1) is 15.3. The molecule has 3 nitrogen and oxygen atoms in total. The zero-order chi connectivity index (χ0) is 14.5. The van der Waals surface area contributed by atoms with E-state index in [-0.39, 0.29) is 11.1 Å². The van der Waals surface area contributed by atoms with Gasteiger partial charge in [0.2, 0.25) is 0 Å². The van der Waals surface area contributed by atoms with Gasteiger partial charge in [0.1, 0.15) is 0 Å². The molecule has 1 heterocycles. The van der Waals surface area contributed by atoms with E-state index in [1.807, 2.05) is 0 Å². The Hall–Kier alpha value is -1.09. The second-order valence-corrected chi connectivity index (χ2v) is 5.87. The molecular weight excluding hydrogens is 274 g/mol. The van der Waals surface area contributed by atoms with Crippen LogP contribution in [0.1, 0.15) is 67.1 Å². The average Bonchev–Trinajstić information content (AvgIpc) is 2.39. The first-order valence-corrected chi connectivity index (χ1v) is 7.98. The highest BCUT2D eigenvalue weighted by atomic mass is 35.5. The quantitative estimate of drug-likeness (QED) is 0.795. The Bertz CT molecular complexity index is 548. The average molecular weight is 296 g/mol. The third kappa shape index (κ3) is 3.32. The van der Waals surface area contributed by atoms with Gasteiger partial charge in [-0.25, -0.2) is 0 Å². The van der Waals surface area contributed by atoms with Crippen molar-refractivity contribution in [1.29, 1.82) is 0 Å². The summed E-state index contributed by atoms with van der Waals surface area (Å²) in [6, 6.07) is 1.74. The summed E-state index contributed by atoms with van der Waals surface area (Å²) in [7, 11) is 0. The number of nitrogens with zero attached hydrogens (tertiary/aromatic N) is 1. The van der Waals surface area contributed by atoms with Crippen LogP contribution in [0.2, 0.25) is 0 Å². The number of aryl methyl sites for hydroxylation is 1. The molecule has 1 aliphatic rings. The lowest BCUT2D eigenvalue weighted by Crippen LogP contribution is -2.30. The highest BCUT2D eigenvalue weighted by molar-refractivity contribution is 6.67. The van der Waals surface area contributed by atoms with Crippen LogP contribution in [0.15, 0.2) is 10.9 Å². The number of pyridine rings is 1. The van der Waals surface area contributed by atoms with Crippen molar-refractivity contribution in [2.45, 2.75) is 64.8 Å². The van der Waals surface area contributed by atoms with Gasteiger partial charge in [-0.2, -0.15) is 0 Å². The van der Waals surface area contributed by atoms with E-state index in [0.29, 0.717) is 6.54 Å². The fraction of sp³-hybridized carbons (Fsp3) is 0.625. The van der Waals surface area contributed by atoms with Crippen molar-refractivity contribution in [2.24, 2.45) is 0 Å². The Balaban J connectivity index is 2.54. The van der Waals surface area contributed by atoms with Crippen LogP contribution in [0, 0.1) is 0 Å². The van der Waals surface area contributed by atoms with Crippen LogP contribution in [0.25, 0.3) is 0 Å². The summed E-state index contributed by atoms with van der Waals surface area (Å²) in [5.74, 6) is 0. The number of fused-ring (bicyclic) bond motifs is 1. The zero-order valence-corrected chi connectivity index (χ0v) is 12.8. The molecule has 0 saturated carbocycles. The molecule has 0 unspecified atom stereocenters. The standard InChI is InChI=1S/C16H22ClNO2/c1-2-3-10-18-14-9-7-5-4-6-8-12(14)11-13(15(17)19)16(18)20/h11H,2-10H2,1H3. The predicted molar refractivity (Wildman–Crippen MR) is 81.7 cm³/mol. The second-order valence-electron chi connectivity index (χ2n) is 5.53. The molecule has 0 amide bonds. The molecule has 4 heteroatoms. The maximum Gasteiger partial charge on any atom is 0.262 e. The number of hydrogen-bond acceptors (Lipinski definition) is 2. The van der Waals surface area contributed by atoms with E-state index >= 15 is 0 Å². The van der Waals surface area contributed by atoms with E-state index in [4.69, 9.17) is 11.6 Å². The number of aromatic nitrogens is 1. The lowest BCUT2D eigenvalue weighted by Gasteiger charge is -2.20. The molecule has 0 aromatic carbocycles. The lowest BCUT2D eigenvalue weighted by atomic mass is 9.95. The van der Waals surface area contributed by atoms with E-state index in [1.54, 1.807) is 10.6 Å². The van der Waals surface area contributed by atoms with Crippen molar-refractivity contribution < 1.29 is 4.79 Å². The molecule has 1 aromatic rings. The van der Waals surface area contributed by atoms with Gasteiger partial charge in [0.15, 0.2) is 0 Å². The molecule has 0 bridgehead atoms.